The predicted octanol–water partition coefficient (Wildman–Crippen LogP) is 3.55. The van der Waals surface area contributed by atoms with Crippen LogP contribution in [0.5, 0.6) is 0 Å². The second-order valence-electron chi connectivity index (χ2n) is 4.02. The molecule has 3 nitrogen and oxygen atoms in total. The van der Waals surface area contributed by atoms with Crippen molar-refractivity contribution in [1.82, 2.24) is 15.1 Å². The lowest BCUT2D eigenvalue weighted by atomic mass is 10.1. The Morgan fingerprint density at radius 2 is 2.11 bits per heavy atom. The second-order valence-corrected chi connectivity index (χ2v) is 4.43. The number of alkyl halides is 3. The van der Waals surface area contributed by atoms with Gasteiger partial charge in [0.05, 0.1) is 29.4 Å². The quantitative estimate of drug-likeness (QED) is 0.865. The first kappa shape index (κ1) is 15.3. The third kappa shape index (κ3) is 4.17. The number of halogens is 4. The van der Waals surface area contributed by atoms with E-state index in [1.165, 1.54) is 10.9 Å². The van der Waals surface area contributed by atoms with Gasteiger partial charge in [0.15, 0.2) is 0 Å². The van der Waals surface area contributed by atoms with Gasteiger partial charge >= 0.3 is 6.18 Å². The van der Waals surface area contributed by atoms with Crippen LogP contribution in [-0.4, -0.2) is 22.5 Å². The highest BCUT2D eigenvalue weighted by Crippen LogP contribution is 2.32. The van der Waals surface area contributed by atoms with E-state index in [-0.39, 0.29) is 5.02 Å². The van der Waals surface area contributed by atoms with Gasteiger partial charge in [-0.25, -0.2) is 0 Å². The number of aromatic nitrogens is 2. The van der Waals surface area contributed by atoms with Crippen molar-refractivity contribution in [1.29, 1.82) is 0 Å². The summed E-state index contributed by atoms with van der Waals surface area (Å²) in [5.41, 5.74) is 0.407. The Labute approximate surface area is 109 Å². The molecule has 0 radical (unpaired) electrons. The van der Waals surface area contributed by atoms with Gasteiger partial charge in [0.2, 0.25) is 0 Å². The number of nitrogens with one attached hydrogen (secondary N) is 1. The van der Waals surface area contributed by atoms with Crippen LogP contribution in [0.1, 0.15) is 38.4 Å². The van der Waals surface area contributed by atoms with Gasteiger partial charge in [0, 0.05) is 6.54 Å². The molecular formula is C11H17ClF3N3. The first-order chi connectivity index (χ1) is 8.39. The highest BCUT2D eigenvalue weighted by atomic mass is 35.5. The lowest BCUT2D eigenvalue weighted by Crippen LogP contribution is -2.29. The molecule has 1 aromatic rings. The maximum Gasteiger partial charge on any atom is 0.390 e. The fourth-order valence-corrected chi connectivity index (χ4v) is 2.06. The molecule has 1 unspecified atom stereocenters. The minimum atomic E-state index is -4.24. The molecule has 0 amide bonds. The lowest BCUT2D eigenvalue weighted by Gasteiger charge is -2.21. The molecule has 0 spiro atoms. The number of nitrogens with zero attached hydrogens (tertiary/aromatic N) is 2. The summed E-state index contributed by atoms with van der Waals surface area (Å²) in [6.07, 6.45) is -3.04. The van der Waals surface area contributed by atoms with Crippen molar-refractivity contribution in [3.63, 3.8) is 0 Å². The van der Waals surface area contributed by atoms with Gasteiger partial charge in [-0.05, 0) is 19.9 Å². The molecule has 1 N–H and O–H groups in total. The number of rotatable bonds is 6. The Morgan fingerprint density at radius 1 is 1.44 bits per heavy atom. The molecule has 0 saturated carbocycles. The van der Waals surface area contributed by atoms with Crippen molar-refractivity contribution in [2.45, 2.75) is 45.5 Å². The van der Waals surface area contributed by atoms with Crippen LogP contribution in [0, 0.1) is 0 Å². The molecule has 1 aromatic heterocycles. The fourth-order valence-electron chi connectivity index (χ4n) is 1.79. The summed E-state index contributed by atoms with van der Waals surface area (Å²) in [5, 5.41) is 7.12. The van der Waals surface area contributed by atoms with Gasteiger partial charge < -0.3 is 5.32 Å². The van der Waals surface area contributed by atoms with Gasteiger partial charge in [0.25, 0.3) is 0 Å². The number of aryl methyl sites for hydroxylation is 1. The third-order valence-electron chi connectivity index (χ3n) is 2.54. The minimum absolute atomic E-state index is 0.273. The number of hydrogen-bond donors (Lipinski definition) is 1. The maximum atomic E-state index is 12.6. The van der Waals surface area contributed by atoms with Crippen molar-refractivity contribution in [3.05, 3.63) is 16.9 Å². The minimum Gasteiger partial charge on any atom is -0.308 e. The summed E-state index contributed by atoms with van der Waals surface area (Å²) >= 11 is 5.94. The Bertz CT molecular complexity index is 376. The first-order valence-corrected chi connectivity index (χ1v) is 6.28. The molecule has 0 bridgehead atoms. The van der Waals surface area contributed by atoms with Crippen LogP contribution < -0.4 is 5.32 Å². The van der Waals surface area contributed by atoms with Crippen molar-refractivity contribution in [3.8, 4) is 0 Å². The predicted molar refractivity (Wildman–Crippen MR) is 64.6 cm³/mol. The summed E-state index contributed by atoms with van der Waals surface area (Å²) in [7, 11) is 0. The van der Waals surface area contributed by atoms with Crippen LogP contribution >= 0.6 is 11.6 Å². The van der Waals surface area contributed by atoms with Crippen molar-refractivity contribution >= 4 is 11.6 Å². The molecule has 0 aromatic carbocycles. The summed E-state index contributed by atoms with van der Waals surface area (Å²) in [4.78, 5) is 0. The van der Waals surface area contributed by atoms with E-state index in [1.54, 1.807) is 0 Å². The van der Waals surface area contributed by atoms with Crippen LogP contribution in [0.3, 0.4) is 0 Å². The largest absolute Gasteiger partial charge is 0.390 e. The third-order valence-corrected chi connectivity index (χ3v) is 2.83. The zero-order valence-electron chi connectivity index (χ0n) is 10.4. The van der Waals surface area contributed by atoms with Crippen LogP contribution in [-0.2, 0) is 6.54 Å². The van der Waals surface area contributed by atoms with Gasteiger partial charge in [-0.15, -0.1) is 0 Å². The highest BCUT2D eigenvalue weighted by molar-refractivity contribution is 6.31. The van der Waals surface area contributed by atoms with Gasteiger partial charge in [-0.1, -0.05) is 18.5 Å². The van der Waals surface area contributed by atoms with E-state index < -0.39 is 18.6 Å². The number of hydrogen-bond acceptors (Lipinski definition) is 2. The van der Waals surface area contributed by atoms with E-state index in [9.17, 15) is 13.2 Å². The molecule has 1 rings (SSSR count). The van der Waals surface area contributed by atoms with E-state index in [4.69, 9.17) is 11.6 Å². The fraction of sp³-hybridized carbons (Fsp3) is 0.727. The molecule has 1 heterocycles. The zero-order valence-corrected chi connectivity index (χ0v) is 11.1. The Kier molecular flexibility index (Phi) is 5.47. The summed E-state index contributed by atoms with van der Waals surface area (Å²) < 4.78 is 39.2. The van der Waals surface area contributed by atoms with E-state index in [1.807, 2.05) is 13.8 Å². The Morgan fingerprint density at radius 3 is 2.61 bits per heavy atom. The average molecular weight is 284 g/mol. The van der Waals surface area contributed by atoms with Crippen LogP contribution in [0.25, 0.3) is 0 Å². The molecule has 0 saturated heterocycles. The van der Waals surface area contributed by atoms with Crippen LogP contribution in [0.2, 0.25) is 5.02 Å². The molecule has 104 valence electrons. The van der Waals surface area contributed by atoms with Crippen LogP contribution in [0.4, 0.5) is 13.2 Å². The van der Waals surface area contributed by atoms with E-state index in [2.05, 4.69) is 10.4 Å². The Hall–Kier alpha value is -0.750. The Balaban J connectivity index is 2.96. The molecule has 0 aliphatic rings. The van der Waals surface area contributed by atoms with Crippen molar-refractivity contribution < 1.29 is 13.2 Å². The normalized spacial score (nSPS) is 13.9. The topological polar surface area (TPSA) is 29.9 Å². The zero-order chi connectivity index (χ0) is 13.8. The van der Waals surface area contributed by atoms with Crippen LogP contribution in [0.15, 0.2) is 6.20 Å². The van der Waals surface area contributed by atoms with E-state index >= 15 is 0 Å². The SMILES string of the molecule is CCCNC(CC(F)(F)F)c1c(Cl)cnn1CC. The smallest absolute Gasteiger partial charge is 0.308 e. The van der Waals surface area contributed by atoms with E-state index in [0.29, 0.717) is 18.8 Å². The summed E-state index contributed by atoms with van der Waals surface area (Å²) in [6, 6.07) is -0.847. The molecule has 0 aliphatic heterocycles. The molecule has 7 heteroatoms. The second kappa shape index (κ2) is 6.43. The summed E-state index contributed by atoms with van der Waals surface area (Å²) in [6.45, 7) is 4.71. The van der Waals surface area contributed by atoms with Gasteiger partial charge in [0.1, 0.15) is 0 Å². The molecule has 18 heavy (non-hydrogen) atoms. The monoisotopic (exact) mass is 283 g/mol. The molecule has 1 atom stereocenters. The van der Waals surface area contributed by atoms with E-state index in [0.717, 1.165) is 6.42 Å². The molecular weight excluding hydrogens is 267 g/mol. The standard InChI is InChI=1S/C11H17ClF3N3/c1-3-5-16-9(6-11(13,14)15)10-8(12)7-17-18(10)4-2/h7,9,16H,3-6H2,1-2H3. The summed E-state index contributed by atoms with van der Waals surface area (Å²) in [5.74, 6) is 0. The molecule has 0 fully saturated rings. The first-order valence-electron chi connectivity index (χ1n) is 5.90. The highest BCUT2D eigenvalue weighted by Gasteiger charge is 2.34. The maximum absolute atomic E-state index is 12.6. The lowest BCUT2D eigenvalue weighted by molar-refractivity contribution is -0.140. The van der Waals surface area contributed by atoms with Gasteiger partial charge in [-0.2, -0.15) is 18.3 Å². The average Bonchev–Trinajstić information content (AvgIpc) is 2.64. The molecule has 0 aliphatic carbocycles. The van der Waals surface area contributed by atoms with Gasteiger partial charge in [-0.3, -0.25) is 4.68 Å². The van der Waals surface area contributed by atoms with Crippen molar-refractivity contribution in [2.75, 3.05) is 6.54 Å². The van der Waals surface area contributed by atoms with Crippen molar-refractivity contribution in [2.24, 2.45) is 0 Å².